The lowest BCUT2D eigenvalue weighted by Gasteiger charge is -2.03. The number of fused-ring (bicyclic) bond motifs is 2. The summed E-state index contributed by atoms with van der Waals surface area (Å²) in [5, 5.41) is 3.82. The third-order valence-electron chi connectivity index (χ3n) is 4.77. The predicted molar refractivity (Wildman–Crippen MR) is 118 cm³/mol. The van der Waals surface area contributed by atoms with Gasteiger partial charge in [0, 0.05) is 18.5 Å². The van der Waals surface area contributed by atoms with Crippen LogP contribution in [0.2, 0.25) is 0 Å². The molecule has 0 bridgehead atoms. The molecule has 0 unspecified atom stereocenters. The highest BCUT2D eigenvalue weighted by atomic mass is 32.2. The van der Waals surface area contributed by atoms with E-state index in [9.17, 15) is 13.2 Å². The minimum atomic E-state index is -3.49. The molecule has 0 saturated heterocycles. The highest BCUT2D eigenvalue weighted by Crippen LogP contribution is 2.22. The summed E-state index contributed by atoms with van der Waals surface area (Å²) in [7, 11) is -3.49. The maximum atomic E-state index is 12.0. The van der Waals surface area contributed by atoms with Crippen molar-refractivity contribution in [2.75, 3.05) is 6.54 Å². The Morgan fingerprint density at radius 3 is 2.73 bits per heavy atom. The van der Waals surface area contributed by atoms with Gasteiger partial charge in [-0.2, -0.15) is 0 Å². The van der Waals surface area contributed by atoms with E-state index in [1.165, 1.54) is 0 Å². The first-order valence-corrected chi connectivity index (χ1v) is 12.1. The lowest BCUT2D eigenvalue weighted by molar-refractivity contribution is -0.121. The molecule has 2 aromatic carbocycles. The molecule has 1 aliphatic rings. The summed E-state index contributed by atoms with van der Waals surface area (Å²) in [4.78, 5) is 21.2. The number of nitrogens with one attached hydrogen (secondary N) is 2. The number of carbonyl (C=O) groups excluding carboxylic acids is 1. The number of hydrogen-bond acceptors (Lipinski definition) is 6. The van der Waals surface area contributed by atoms with Crippen LogP contribution in [0.4, 0.5) is 0 Å². The number of sulfonamides is 1. The second-order valence-electron chi connectivity index (χ2n) is 6.99. The first-order valence-electron chi connectivity index (χ1n) is 9.81. The molecule has 0 atom stereocenters. The fourth-order valence-electron chi connectivity index (χ4n) is 3.27. The van der Waals surface area contributed by atoms with Gasteiger partial charge in [0.05, 0.1) is 21.7 Å². The van der Waals surface area contributed by atoms with Crippen molar-refractivity contribution in [1.82, 2.24) is 15.0 Å². The van der Waals surface area contributed by atoms with Crippen LogP contribution >= 0.6 is 11.3 Å². The normalized spacial score (nSPS) is 15.8. The molecular weight excluding hydrogens is 420 g/mol. The van der Waals surface area contributed by atoms with Crippen molar-refractivity contribution >= 4 is 43.3 Å². The quantitative estimate of drug-likeness (QED) is 0.523. The van der Waals surface area contributed by atoms with Crippen LogP contribution in [0.25, 0.3) is 10.2 Å². The molecule has 0 fully saturated rings. The van der Waals surface area contributed by atoms with E-state index >= 15 is 0 Å². The summed E-state index contributed by atoms with van der Waals surface area (Å²) < 4.78 is 27.7. The van der Waals surface area contributed by atoms with Crippen molar-refractivity contribution in [1.29, 1.82) is 0 Å². The molecule has 0 aliphatic carbocycles. The number of hydrogen-bond donors (Lipinski definition) is 2. The van der Waals surface area contributed by atoms with Gasteiger partial charge in [0.15, 0.2) is 0 Å². The van der Waals surface area contributed by atoms with Gasteiger partial charge in [-0.25, -0.2) is 13.4 Å². The van der Waals surface area contributed by atoms with Gasteiger partial charge < -0.3 is 5.32 Å². The molecule has 30 heavy (non-hydrogen) atoms. The first-order chi connectivity index (χ1) is 14.5. The Morgan fingerprint density at radius 2 is 1.87 bits per heavy atom. The maximum absolute atomic E-state index is 12.0. The van der Waals surface area contributed by atoms with E-state index in [0.29, 0.717) is 30.9 Å². The monoisotopic (exact) mass is 442 g/mol. The molecular formula is C21H22N4O3S2. The van der Waals surface area contributed by atoms with E-state index in [4.69, 9.17) is 0 Å². The van der Waals surface area contributed by atoms with Gasteiger partial charge in [0.25, 0.3) is 10.0 Å². The standard InChI is InChI=1S/C21H22N4O3S2/c26-19(23-14-20-24-16-9-4-5-10-17(16)29-20)12-2-1-7-13-22-21-15-8-3-6-11-18(15)30(27,28)25-21/h3-6,8-11H,1-2,7,12-14H2,(H,22,25)(H,23,26). The number of amides is 1. The average Bonchev–Trinajstić information content (AvgIpc) is 3.27. The predicted octanol–water partition coefficient (Wildman–Crippen LogP) is 3.21. The number of nitrogens with zero attached hydrogens (tertiary/aromatic N) is 2. The zero-order chi connectivity index (χ0) is 21.0. The minimum absolute atomic E-state index is 0.0121. The fourth-order valence-corrected chi connectivity index (χ4v) is 5.43. The Bertz CT molecular complexity index is 1170. The molecule has 4 rings (SSSR count). The fraction of sp³-hybridized carbons (Fsp3) is 0.286. The molecule has 0 saturated carbocycles. The van der Waals surface area contributed by atoms with Gasteiger partial charge in [0.2, 0.25) is 5.91 Å². The third kappa shape index (κ3) is 4.68. The molecule has 2 N–H and O–H groups in total. The molecule has 0 spiro atoms. The lowest BCUT2D eigenvalue weighted by atomic mass is 10.2. The molecule has 1 aromatic heterocycles. The van der Waals surface area contributed by atoms with E-state index in [1.807, 2.05) is 24.3 Å². The van der Waals surface area contributed by atoms with E-state index < -0.39 is 10.0 Å². The van der Waals surface area contributed by atoms with Gasteiger partial charge in [-0.05, 0) is 37.1 Å². The molecule has 0 radical (unpaired) electrons. The number of carbonyl (C=O) groups is 1. The van der Waals surface area contributed by atoms with Gasteiger partial charge in [0.1, 0.15) is 10.8 Å². The van der Waals surface area contributed by atoms with Crippen LogP contribution in [0.1, 0.15) is 36.3 Å². The number of amidine groups is 1. The van der Waals surface area contributed by atoms with Gasteiger partial charge >= 0.3 is 0 Å². The van der Waals surface area contributed by atoms with Crippen LogP contribution < -0.4 is 10.0 Å². The summed E-state index contributed by atoms with van der Waals surface area (Å²) in [6.07, 6.45) is 2.86. The third-order valence-corrected chi connectivity index (χ3v) is 7.20. The number of benzene rings is 2. The Balaban J connectivity index is 1.17. The summed E-state index contributed by atoms with van der Waals surface area (Å²) in [5.74, 6) is 0.414. The zero-order valence-corrected chi connectivity index (χ0v) is 17.9. The summed E-state index contributed by atoms with van der Waals surface area (Å²) in [5.41, 5.74) is 1.58. The first kappa shape index (κ1) is 20.5. The lowest BCUT2D eigenvalue weighted by Crippen LogP contribution is -2.22. The Kier molecular flexibility index (Phi) is 6.10. The van der Waals surface area contributed by atoms with E-state index in [-0.39, 0.29) is 10.8 Å². The van der Waals surface area contributed by atoms with Gasteiger partial charge in [-0.15, -0.1) is 11.3 Å². The average molecular weight is 443 g/mol. The SMILES string of the molecule is O=C(CCCCCN=C1NS(=O)(=O)c2ccccc21)NCc1nc2ccccc2s1. The van der Waals surface area contributed by atoms with Crippen molar-refractivity contribution in [2.24, 2.45) is 4.99 Å². The number of thiazole rings is 1. The Morgan fingerprint density at radius 1 is 1.07 bits per heavy atom. The van der Waals surface area contributed by atoms with Crippen molar-refractivity contribution in [3.8, 4) is 0 Å². The van der Waals surface area contributed by atoms with Crippen LogP contribution in [0, 0.1) is 0 Å². The number of unbranched alkanes of at least 4 members (excludes halogenated alkanes) is 2. The van der Waals surface area contributed by atoms with Crippen molar-refractivity contribution in [3.63, 3.8) is 0 Å². The Hall–Kier alpha value is -2.78. The van der Waals surface area contributed by atoms with Gasteiger partial charge in [-0.1, -0.05) is 30.7 Å². The smallest absolute Gasteiger partial charge is 0.263 e. The van der Waals surface area contributed by atoms with Gasteiger partial charge in [-0.3, -0.25) is 14.5 Å². The van der Waals surface area contributed by atoms with E-state index in [1.54, 1.807) is 35.6 Å². The molecule has 9 heteroatoms. The van der Waals surface area contributed by atoms with E-state index in [0.717, 1.165) is 34.5 Å². The molecule has 1 aliphatic heterocycles. The van der Waals surface area contributed by atoms with Crippen LogP contribution in [0.5, 0.6) is 0 Å². The van der Waals surface area contributed by atoms with Crippen molar-refractivity contribution in [3.05, 3.63) is 59.1 Å². The molecule has 1 amide bonds. The number of aromatic nitrogens is 1. The Labute approximate surface area is 179 Å². The topological polar surface area (TPSA) is 101 Å². The van der Waals surface area contributed by atoms with Crippen molar-refractivity contribution < 1.29 is 13.2 Å². The van der Waals surface area contributed by atoms with Crippen LogP contribution in [0.3, 0.4) is 0 Å². The summed E-state index contributed by atoms with van der Waals surface area (Å²) in [6.45, 7) is 0.963. The second-order valence-corrected chi connectivity index (χ2v) is 9.76. The molecule has 7 nitrogen and oxygen atoms in total. The van der Waals surface area contributed by atoms with Crippen LogP contribution in [-0.2, 0) is 21.4 Å². The highest BCUT2D eigenvalue weighted by molar-refractivity contribution is 7.90. The molecule has 2 heterocycles. The molecule has 156 valence electrons. The van der Waals surface area contributed by atoms with Crippen LogP contribution in [-0.4, -0.2) is 31.7 Å². The summed E-state index contributed by atoms with van der Waals surface area (Å²) >= 11 is 1.59. The minimum Gasteiger partial charge on any atom is -0.350 e. The largest absolute Gasteiger partial charge is 0.350 e. The second kappa shape index (κ2) is 8.93. The van der Waals surface area contributed by atoms with Crippen molar-refractivity contribution in [2.45, 2.75) is 37.1 Å². The number of aliphatic imine (C=N–C) groups is 1. The maximum Gasteiger partial charge on any atom is 0.263 e. The summed E-state index contributed by atoms with van der Waals surface area (Å²) in [6, 6.07) is 14.7. The highest BCUT2D eigenvalue weighted by Gasteiger charge is 2.29. The molecule has 3 aromatic rings. The number of para-hydroxylation sites is 1. The van der Waals surface area contributed by atoms with Crippen LogP contribution in [0.15, 0.2) is 58.4 Å². The zero-order valence-electron chi connectivity index (χ0n) is 16.3. The number of rotatable bonds is 8. The van der Waals surface area contributed by atoms with E-state index in [2.05, 4.69) is 20.0 Å².